The van der Waals surface area contributed by atoms with E-state index in [0.717, 1.165) is 16.7 Å². The Bertz CT molecular complexity index is 736. The van der Waals surface area contributed by atoms with Crippen molar-refractivity contribution in [1.29, 1.82) is 0 Å². The Kier molecular flexibility index (Phi) is 3.86. The molecule has 0 aromatic heterocycles. The lowest BCUT2D eigenvalue weighted by Gasteiger charge is -2.22. The SMILES string of the molecule is Cc1ccc(N(C)S(=O)(=O)c2ccccc2C)c(C)c1. The van der Waals surface area contributed by atoms with Crippen LogP contribution in [0.1, 0.15) is 16.7 Å². The smallest absolute Gasteiger partial charge is 0.264 e. The van der Waals surface area contributed by atoms with Crippen LogP contribution in [0, 0.1) is 20.8 Å². The zero-order valence-electron chi connectivity index (χ0n) is 12.2. The molecule has 106 valence electrons. The minimum atomic E-state index is -3.52. The molecule has 2 aromatic rings. The second-order valence-corrected chi connectivity index (χ2v) is 6.97. The van der Waals surface area contributed by atoms with E-state index in [2.05, 4.69) is 0 Å². The van der Waals surface area contributed by atoms with Crippen LogP contribution in [0.15, 0.2) is 47.4 Å². The van der Waals surface area contributed by atoms with Crippen LogP contribution in [0.25, 0.3) is 0 Å². The average molecular weight is 289 g/mol. The number of hydrogen-bond acceptors (Lipinski definition) is 2. The highest BCUT2D eigenvalue weighted by atomic mass is 32.2. The zero-order valence-corrected chi connectivity index (χ0v) is 13.0. The van der Waals surface area contributed by atoms with Crippen LogP contribution in [0.3, 0.4) is 0 Å². The van der Waals surface area contributed by atoms with E-state index in [1.807, 2.05) is 51.1 Å². The Labute approximate surface area is 120 Å². The van der Waals surface area contributed by atoms with Crippen LogP contribution in [-0.4, -0.2) is 15.5 Å². The summed E-state index contributed by atoms with van der Waals surface area (Å²) in [5.74, 6) is 0. The van der Waals surface area contributed by atoms with Crippen molar-refractivity contribution in [2.45, 2.75) is 25.7 Å². The van der Waals surface area contributed by atoms with Gasteiger partial charge in [-0.15, -0.1) is 0 Å². The summed E-state index contributed by atoms with van der Waals surface area (Å²) in [6.07, 6.45) is 0. The molecule has 0 heterocycles. The highest BCUT2D eigenvalue weighted by Crippen LogP contribution is 2.27. The molecule has 0 amide bonds. The molecule has 0 saturated carbocycles. The highest BCUT2D eigenvalue weighted by Gasteiger charge is 2.23. The van der Waals surface area contributed by atoms with Gasteiger partial charge >= 0.3 is 0 Å². The van der Waals surface area contributed by atoms with Crippen LogP contribution < -0.4 is 4.31 Å². The molecule has 0 N–H and O–H groups in total. The van der Waals surface area contributed by atoms with E-state index in [9.17, 15) is 8.42 Å². The van der Waals surface area contributed by atoms with Crippen LogP contribution in [-0.2, 0) is 10.0 Å². The van der Waals surface area contributed by atoms with Gasteiger partial charge in [0.05, 0.1) is 10.6 Å². The third-order valence-electron chi connectivity index (χ3n) is 3.42. The van der Waals surface area contributed by atoms with Gasteiger partial charge in [0.15, 0.2) is 0 Å². The van der Waals surface area contributed by atoms with Crippen molar-refractivity contribution >= 4 is 15.7 Å². The fourth-order valence-electron chi connectivity index (χ4n) is 2.28. The van der Waals surface area contributed by atoms with Crippen molar-refractivity contribution in [1.82, 2.24) is 0 Å². The summed E-state index contributed by atoms with van der Waals surface area (Å²) < 4.78 is 26.8. The molecule has 2 aromatic carbocycles. The van der Waals surface area contributed by atoms with Crippen molar-refractivity contribution in [2.75, 3.05) is 11.4 Å². The van der Waals surface area contributed by atoms with Gasteiger partial charge in [-0.25, -0.2) is 8.42 Å². The first-order chi connectivity index (χ1) is 9.34. The molecule has 20 heavy (non-hydrogen) atoms. The van der Waals surface area contributed by atoms with Gasteiger partial charge in [-0.2, -0.15) is 0 Å². The first-order valence-corrected chi connectivity index (χ1v) is 7.90. The van der Waals surface area contributed by atoms with Crippen molar-refractivity contribution in [2.24, 2.45) is 0 Å². The molecule has 0 atom stereocenters. The maximum atomic E-state index is 12.7. The number of nitrogens with zero attached hydrogens (tertiary/aromatic N) is 1. The van der Waals surface area contributed by atoms with Crippen molar-refractivity contribution < 1.29 is 8.42 Å². The lowest BCUT2D eigenvalue weighted by molar-refractivity contribution is 0.593. The molecule has 0 aliphatic heterocycles. The fraction of sp³-hybridized carbons (Fsp3) is 0.250. The Morgan fingerprint density at radius 1 is 0.900 bits per heavy atom. The molecule has 0 aliphatic carbocycles. The Hall–Kier alpha value is -1.81. The Balaban J connectivity index is 2.52. The molecule has 0 spiro atoms. The van der Waals surface area contributed by atoms with Crippen molar-refractivity contribution in [3.63, 3.8) is 0 Å². The first-order valence-electron chi connectivity index (χ1n) is 6.46. The summed E-state index contributed by atoms with van der Waals surface area (Å²) >= 11 is 0. The number of rotatable bonds is 3. The maximum absolute atomic E-state index is 12.7. The van der Waals surface area contributed by atoms with E-state index in [4.69, 9.17) is 0 Å². The number of aryl methyl sites for hydroxylation is 3. The number of benzene rings is 2. The molecule has 0 radical (unpaired) electrons. The summed E-state index contributed by atoms with van der Waals surface area (Å²) in [6, 6.07) is 12.8. The van der Waals surface area contributed by atoms with E-state index >= 15 is 0 Å². The molecule has 2 rings (SSSR count). The monoisotopic (exact) mass is 289 g/mol. The predicted molar refractivity (Wildman–Crippen MR) is 82.7 cm³/mol. The normalized spacial score (nSPS) is 11.4. The maximum Gasteiger partial charge on any atom is 0.264 e. The predicted octanol–water partition coefficient (Wildman–Crippen LogP) is 3.44. The molecule has 0 saturated heterocycles. The molecular weight excluding hydrogens is 270 g/mol. The molecule has 4 heteroatoms. The Morgan fingerprint density at radius 2 is 1.55 bits per heavy atom. The summed E-state index contributed by atoms with van der Waals surface area (Å²) in [4.78, 5) is 0.350. The number of sulfonamides is 1. The van der Waals surface area contributed by atoms with Gasteiger partial charge in [-0.05, 0) is 44.0 Å². The van der Waals surface area contributed by atoms with Gasteiger partial charge < -0.3 is 0 Å². The molecule has 0 unspecified atom stereocenters. The Morgan fingerprint density at radius 3 is 2.15 bits per heavy atom. The second-order valence-electron chi connectivity index (χ2n) is 5.03. The zero-order chi connectivity index (χ0) is 14.9. The molecule has 0 fully saturated rings. The van der Waals surface area contributed by atoms with Crippen molar-refractivity contribution in [3.8, 4) is 0 Å². The second kappa shape index (κ2) is 5.29. The van der Waals surface area contributed by atoms with Crippen LogP contribution in [0.2, 0.25) is 0 Å². The van der Waals surface area contributed by atoms with Crippen molar-refractivity contribution in [3.05, 3.63) is 59.2 Å². The first kappa shape index (κ1) is 14.6. The summed E-state index contributed by atoms with van der Waals surface area (Å²) in [5.41, 5.74) is 3.53. The van der Waals surface area contributed by atoms with Crippen LogP contribution >= 0.6 is 0 Å². The van der Waals surface area contributed by atoms with Gasteiger partial charge in [0.1, 0.15) is 0 Å². The third kappa shape index (κ3) is 2.56. The number of hydrogen-bond donors (Lipinski definition) is 0. The summed E-state index contributed by atoms with van der Waals surface area (Å²) in [5, 5.41) is 0. The van der Waals surface area contributed by atoms with E-state index in [-0.39, 0.29) is 0 Å². The largest absolute Gasteiger partial charge is 0.269 e. The third-order valence-corrected chi connectivity index (χ3v) is 5.36. The lowest BCUT2D eigenvalue weighted by atomic mass is 10.1. The van der Waals surface area contributed by atoms with E-state index in [0.29, 0.717) is 10.6 Å². The molecule has 0 aliphatic rings. The van der Waals surface area contributed by atoms with Crippen LogP contribution in [0.4, 0.5) is 5.69 Å². The molecule has 0 bridgehead atoms. The van der Waals surface area contributed by atoms with Gasteiger partial charge in [-0.1, -0.05) is 35.9 Å². The minimum Gasteiger partial charge on any atom is -0.269 e. The van der Waals surface area contributed by atoms with Crippen LogP contribution in [0.5, 0.6) is 0 Å². The fourth-order valence-corrected chi connectivity index (χ4v) is 3.77. The summed E-state index contributed by atoms with van der Waals surface area (Å²) in [6.45, 7) is 5.72. The topological polar surface area (TPSA) is 37.4 Å². The lowest BCUT2D eigenvalue weighted by Crippen LogP contribution is -2.27. The average Bonchev–Trinajstić information content (AvgIpc) is 2.38. The van der Waals surface area contributed by atoms with Gasteiger partial charge in [-0.3, -0.25) is 4.31 Å². The standard InChI is InChI=1S/C16H19NO2S/c1-12-9-10-15(14(3)11-12)17(4)20(18,19)16-8-6-5-7-13(16)2/h5-11H,1-4H3. The quantitative estimate of drug-likeness (QED) is 0.868. The van der Waals surface area contributed by atoms with E-state index < -0.39 is 10.0 Å². The van der Waals surface area contributed by atoms with Gasteiger partial charge in [0.25, 0.3) is 10.0 Å². The number of anilines is 1. The highest BCUT2D eigenvalue weighted by molar-refractivity contribution is 7.92. The minimum absolute atomic E-state index is 0.350. The van der Waals surface area contributed by atoms with Gasteiger partial charge in [0.2, 0.25) is 0 Å². The summed E-state index contributed by atoms with van der Waals surface area (Å²) in [7, 11) is -1.93. The molecular formula is C16H19NO2S. The molecule has 3 nitrogen and oxygen atoms in total. The van der Waals surface area contributed by atoms with E-state index in [1.54, 1.807) is 19.2 Å². The van der Waals surface area contributed by atoms with Gasteiger partial charge in [0, 0.05) is 7.05 Å². The van der Waals surface area contributed by atoms with E-state index in [1.165, 1.54) is 4.31 Å².